The average Bonchev–Trinajstić information content (AvgIpc) is 2.75. The first-order valence-corrected chi connectivity index (χ1v) is 4.86. The molecule has 0 amide bonds. The first kappa shape index (κ1) is 9.61. The second-order valence-corrected chi connectivity index (χ2v) is 3.71. The maximum Gasteiger partial charge on any atom is 0.248 e. The summed E-state index contributed by atoms with van der Waals surface area (Å²) in [5.41, 5.74) is -0.362. The first-order valence-electron chi connectivity index (χ1n) is 4.86. The van der Waals surface area contributed by atoms with Crippen molar-refractivity contribution in [3.63, 3.8) is 0 Å². The fraction of sp³-hybridized carbons (Fsp3) is 0.778. The van der Waals surface area contributed by atoms with Crippen LogP contribution in [0.4, 0.5) is 0 Å². The summed E-state index contributed by atoms with van der Waals surface area (Å²) in [5.74, 6) is 1.21. The van der Waals surface area contributed by atoms with Gasteiger partial charge in [-0.25, -0.2) is 0 Å². The summed E-state index contributed by atoms with van der Waals surface area (Å²) in [6, 6.07) is 0. The molecule has 78 valence electrons. The van der Waals surface area contributed by atoms with Crippen molar-refractivity contribution in [3.05, 3.63) is 11.8 Å². The zero-order valence-corrected chi connectivity index (χ0v) is 8.54. The van der Waals surface area contributed by atoms with Crippen molar-refractivity contribution in [2.45, 2.75) is 31.9 Å². The number of ether oxygens (including phenoxy) is 1. The van der Waals surface area contributed by atoms with E-state index in [-0.39, 0.29) is 5.60 Å². The summed E-state index contributed by atoms with van der Waals surface area (Å²) in [5, 5.41) is 10.9. The van der Waals surface area contributed by atoms with Crippen molar-refractivity contribution in [2.24, 2.45) is 0 Å². The molecule has 1 fully saturated rings. The van der Waals surface area contributed by atoms with E-state index in [1.807, 2.05) is 14.0 Å². The Kier molecular flexibility index (Phi) is 2.52. The molecule has 0 aliphatic carbocycles. The van der Waals surface area contributed by atoms with E-state index in [1.54, 1.807) is 0 Å². The van der Waals surface area contributed by atoms with Gasteiger partial charge in [0.15, 0.2) is 0 Å². The highest BCUT2D eigenvalue weighted by molar-refractivity contribution is 4.97. The molecular formula is C9H15N3O2. The van der Waals surface area contributed by atoms with Crippen LogP contribution in [0.5, 0.6) is 0 Å². The van der Waals surface area contributed by atoms with Crippen LogP contribution in [0.1, 0.15) is 31.5 Å². The molecule has 14 heavy (non-hydrogen) atoms. The molecule has 1 unspecified atom stereocenters. The highest BCUT2D eigenvalue weighted by Gasteiger charge is 2.37. The van der Waals surface area contributed by atoms with Crippen molar-refractivity contribution >= 4 is 0 Å². The zero-order valence-electron chi connectivity index (χ0n) is 8.54. The minimum Gasteiger partial charge on any atom is -0.421 e. The third-order valence-electron chi connectivity index (χ3n) is 2.47. The van der Waals surface area contributed by atoms with Crippen molar-refractivity contribution in [3.8, 4) is 0 Å². The zero-order chi connectivity index (χ0) is 10.0. The number of nitrogens with one attached hydrogen (secondary N) is 1. The van der Waals surface area contributed by atoms with Gasteiger partial charge >= 0.3 is 0 Å². The van der Waals surface area contributed by atoms with Gasteiger partial charge in [-0.3, -0.25) is 0 Å². The molecule has 1 aliphatic heterocycles. The number of hydrogen-bond acceptors (Lipinski definition) is 5. The number of rotatable bonds is 3. The maximum atomic E-state index is 5.60. The number of nitrogens with zero attached hydrogens (tertiary/aromatic N) is 2. The first-order chi connectivity index (χ1) is 6.74. The van der Waals surface area contributed by atoms with Crippen LogP contribution in [0.3, 0.4) is 0 Å². The van der Waals surface area contributed by atoms with Gasteiger partial charge in [0.25, 0.3) is 0 Å². The summed E-state index contributed by atoms with van der Waals surface area (Å²) in [7, 11) is 1.84. The van der Waals surface area contributed by atoms with Crippen LogP contribution < -0.4 is 5.32 Å². The van der Waals surface area contributed by atoms with E-state index in [2.05, 4.69) is 15.5 Å². The smallest absolute Gasteiger partial charge is 0.248 e. The van der Waals surface area contributed by atoms with E-state index < -0.39 is 0 Å². The molecule has 2 heterocycles. The van der Waals surface area contributed by atoms with Crippen molar-refractivity contribution < 1.29 is 9.15 Å². The monoisotopic (exact) mass is 197 g/mol. The Bertz CT molecular complexity index is 305. The van der Waals surface area contributed by atoms with Gasteiger partial charge in [-0.15, -0.1) is 10.2 Å². The van der Waals surface area contributed by atoms with Crippen LogP contribution >= 0.6 is 0 Å². The number of hydrogen-bond donors (Lipinski definition) is 1. The van der Waals surface area contributed by atoms with Crippen LogP contribution in [-0.4, -0.2) is 23.9 Å². The molecule has 5 heteroatoms. The van der Waals surface area contributed by atoms with Crippen molar-refractivity contribution in [1.29, 1.82) is 0 Å². The van der Waals surface area contributed by atoms with E-state index in [4.69, 9.17) is 9.15 Å². The van der Waals surface area contributed by atoms with Crippen LogP contribution in [-0.2, 0) is 16.9 Å². The number of aromatic nitrogens is 2. The molecule has 1 saturated heterocycles. The Hall–Kier alpha value is -0.940. The van der Waals surface area contributed by atoms with Gasteiger partial charge in [-0.2, -0.15) is 0 Å². The topological polar surface area (TPSA) is 60.2 Å². The van der Waals surface area contributed by atoms with Crippen molar-refractivity contribution in [2.75, 3.05) is 13.7 Å². The molecule has 1 aromatic heterocycles. The van der Waals surface area contributed by atoms with Gasteiger partial charge < -0.3 is 14.5 Å². The van der Waals surface area contributed by atoms with Crippen LogP contribution in [0.15, 0.2) is 4.42 Å². The minimum atomic E-state index is -0.362. The lowest BCUT2D eigenvalue weighted by Crippen LogP contribution is -2.20. The highest BCUT2D eigenvalue weighted by Crippen LogP contribution is 2.34. The Morgan fingerprint density at radius 1 is 1.50 bits per heavy atom. The third-order valence-corrected chi connectivity index (χ3v) is 2.47. The van der Waals surface area contributed by atoms with Gasteiger partial charge in [-0.1, -0.05) is 0 Å². The minimum absolute atomic E-state index is 0.362. The van der Waals surface area contributed by atoms with Gasteiger partial charge in [0.05, 0.1) is 6.54 Å². The fourth-order valence-electron chi connectivity index (χ4n) is 1.64. The largest absolute Gasteiger partial charge is 0.421 e. The van der Waals surface area contributed by atoms with Crippen LogP contribution in [0.25, 0.3) is 0 Å². The van der Waals surface area contributed by atoms with Gasteiger partial charge in [0.2, 0.25) is 11.8 Å². The Balaban J connectivity index is 2.15. The molecule has 0 aromatic carbocycles. The fourth-order valence-corrected chi connectivity index (χ4v) is 1.64. The molecule has 0 bridgehead atoms. The summed E-state index contributed by atoms with van der Waals surface area (Å²) in [6.07, 6.45) is 2.01. The molecule has 0 saturated carbocycles. The van der Waals surface area contributed by atoms with Crippen LogP contribution in [0.2, 0.25) is 0 Å². The molecule has 2 rings (SSSR count). The maximum absolute atomic E-state index is 5.60. The van der Waals surface area contributed by atoms with Gasteiger partial charge in [0, 0.05) is 6.61 Å². The SMILES string of the molecule is CNCc1nnc(C2(C)CCCO2)o1. The Labute approximate surface area is 82.8 Å². The molecule has 0 spiro atoms. The van der Waals surface area contributed by atoms with E-state index in [1.165, 1.54) is 0 Å². The predicted octanol–water partition coefficient (Wildman–Crippen LogP) is 0.815. The van der Waals surface area contributed by atoms with E-state index >= 15 is 0 Å². The lowest BCUT2D eigenvalue weighted by atomic mass is 10.0. The second kappa shape index (κ2) is 3.67. The van der Waals surface area contributed by atoms with Crippen LogP contribution in [0, 0.1) is 0 Å². The molecule has 1 aromatic rings. The Morgan fingerprint density at radius 2 is 2.36 bits per heavy atom. The summed E-state index contributed by atoms with van der Waals surface area (Å²) < 4.78 is 11.1. The third kappa shape index (κ3) is 1.65. The normalized spacial score (nSPS) is 27.0. The highest BCUT2D eigenvalue weighted by atomic mass is 16.5. The quantitative estimate of drug-likeness (QED) is 0.777. The standard InChI is InChI=1S/C9H15N3O2/c1-9(4-3-5-13-9)8-12-11-7(14-8)6-10-2/h10H,3-6H2,1-2H3. The summed E-state index contributed by atoms with van der Waals surface area (Å²) >= 11 is 0. The van der Waals surface area contributed by atoms with Gasteiger partial charge in [-0.05, 0) is 26.8 Å². The van der Waals surface area contributed by atoms with E-state index in [9.17, 15) is 0 Å². The summed E-state index contributed by atoms with van der Waals surface area (Å²) in [4.78, 5) is 0. The average molecular weight is 197 g/mol. The lowest BCUT2D eigenvalue weighted by Gasteiger charge is -2.17. The predicted molar refractivity (Wildman–Crippen MR) is 49.6 cm³/mol. The molecule has 1 N–H and O–H groups in total. The van der Waals surface area contributed by atoms with E-state index in [0.29, 0.717) is 18.3 Å². The second-order valence-electron chi connectivity index (χ2n) is 3.71. The lowest BCUT2D eigenvalue weighted by molar-refractivity contribution is -0.00618. The molecule has 5 nitrogen and oxygen atoms in total. The van der Waals surface area contributed by atoms with Gasteiger partial charge in [0.1, 0.15) is 5.60 Å². The Morgan fingerprint density at radius 3 is 3.00 bits per heavy atom. The van der Waals surface area contributed by atoms with E-state index in [0.717, 1.165) is 19.4 Å². The molecule has 0 radical (unpaired) electrons. The molecular weight excluding hydrogens is 182 g/mol. The molecule has 1 atom stereocenters. The summed E-state index contributed by atoms with van der Waals surface area (Å²) in [6.45, 7) is 3.37. The van der Waals surface area contributed by atoms with Crippen molar-refractivity contribution in [1.82, 2.24) is 15.5 Å². The molecule has 1 aliphatic rings.